The van der Waals surface area contributed by atoms with E-state index in [4.69, 9.17) is 0 Å². The molecule has 2 aliphatic rings. The third-order valence-electron chi connectivity index (χ3n) is 3.70. The molecular weight excluding hydrogens is 322 g/mol. The Morgan fingerprint density at radius 3 is 2.27 bits per heavy atom. The van der Waals surface area contributed by atoms with Crippen LogP contribution in [0.25, 0.3) is 0 Å². The number of hydrogen-bond donors (Lipinski definition) is 1. The summed E-state index contributed by atoms with van der Waals surface area (Å²) in [5, 5.41) is 3.18. The van der Waals surface area contributed by atoms with Gasteiger partial charge in [-0.2, -0.15) is 0 Å². The van der Waals surface area contributed by atoms with Crippen LogP contribution in [0.3, 0.4) is 0 Å². The molecule has 2 fully saturated rings. The second kappa shape index (κ2) is 4.02. The molecule has 2 saturated carbocycles. The second-order valence-electron chi connectivity index (χ2n) is 5.02. The van der Waals surface area contributed by atoms with E-state index >= 15 is 0 Å². The molecule has 0 aromatic rings. The van der Waals surface area contributed by atoms with E-state index < -0.39 is 0 Å². The average Bonchev–Trinajstić information content (AvgIpc) is 2.69. The summed E-state index contributed by atoms with van der Waals surface area (Å²) in [6.07, 6.45) is 7.02. The highest BCUT2D eigenvalue weighted by atomic mass is 79.9. The molecule has 0 saturated heterocycles. The van der Waals surface area contributed by atoms with Crippen LogP contribution >= 0.6 is 31.9 Å². The lowest BCUT2D eigenvalue weighted by atomic mass is 9.95. The number of hydrogen-bond acceptors (Lipinski definition) is 1. The first-order valence-corrected chi connectivity index (χ1v) is 7.23. The minimum absolute atomic E-state index is 0.161. The molecular formula is C11H17Br2NO. The van der Waals surface area contributed by atoms with Crippen molar-refractivity contribution in [3.63, 3.8) is 0 Å². The van der Waals surface area contributed by atoms with Crippen molar-refractivity contribution in [1.82, 2.24) is 5.32 Å². The summed E-state index contributed by atoms with van der Waals surface area (Å²) in [7, 11) is 0. The van der Waals surface area contributed by atoms with Gasteiger partial charge in [-0.1, -0.05) is 51.1 Å². The molecule has 2 nitrogen and oxygen atoms in total. The van der Waals surface area contributed by atoms with Gasteiger partial charge in [0.05, 0.1) is 8.65 Å². The SMILES string of the molecule is C[C@@]1(C(=O)NC2CCCCC2)CC1(Br)Br. The number of amides is 1. The molecule has 86 valence electrons. The average molecular weight is 339 g/mol. The van der Waals surface area contributed by atoms with E-state index in [2.05, 4.69) is 37.2 Å². The van der Waals surface area contributed by atoms with Crippen LogP contribution in [-0.4, -0.2) is 15.2 Å². The summed E-state index contributed by atoms with van der Waals surface area (Å²) < 4.78 is -0.161. The summed E-state index contributed by atoms with van der Waals surface area (Å²) in [6.45, 7) is 2.01. The van der Waals surface area contributed by atoms with Crippen molar-refractivity contribution >= 4 is 37.8 Å². The quantitative estimate of drug-likeness (QED) is 0.769. The highest BCUT2D eigenvalue weighted by Gasteiger charge is 2.66. The van der Waals surface area contributed by atoms with Crippen molar-refractivity contribution in [3.8, 4) is 0 Å². The molecule has 2 aliphatic carbocycles. The molecule has 1 N–H and O–H groups in total. The maximum Gasteiger partial charge on any atom is 0.228 e. The van der Waals surface area contributed by atoms with Crippen LogP contribution in [-0.2, 0) is 4.79 Å². The molecule has 0 aliphatic heterocycles. The maximum atomic E-state index is 12.0. The van der Waals surface area contributed by atoms with Crippen LogP contribution in [0.1, 0.15) is 45.4 Å². The van der Waals surface area contributed by atoms with Gasteiger partial charge < -0.3 is 5.32 Å². The van der Waals surface area contributed by atoms with Crippen molar-refractivity contribution in [2.24, 2.45) is 5.41 Å². The van der Waals surface area contributed by atoms with Gasteiger partial charge in [0.25, 0.3) is 0 Å². The van der Waals surface area contributed by atoms with E-state index in [0.717, 1.165) is 19.3 Å². The van der Waals surface area contributed by atoms with E-state index in [1.54, 1.807) is 0 Å². The van der Waals surface area contributed by atoms with Crippen molar-refractivity contribution in [2.45, 2.75) is 54.7 Å². The van der Waals surface area contributed by atoms with E-state index in [0.29, 0.717) is 6.04 Å². The molecule has 0 aromatic carbocycles. The molecule has 1 amide bonds. The largest absolute Gasteiger partial charge is 0.353 e. The Hall–Kier alpha value is 0.430. The molecule has 0 unspecified atom stereocenters. The van der Waals surface area contributed by atoms with Crippen LogP contribution < -0.4 is 5.32 Å². The topological polar surface area (TPSA) is 29.1 Å². The molecule has 0 radical (unpaired) electrons. The Balaban J connectivity index is 1.87. The predicted molar refractivity (Wildman–Crippen MR) is 68.3 cm³/mol. The molecule has 15 heavy (non-hydrogen) atoms. The number of carbonyl (C=O) groups excluding carboxylic acids is 1. The van der Waals surface area contributed by atoms with Gasteiger partial charge in [0.1, 0.15) is 0 Å². The number of carbonyl (C=O) groups is 1. The lowest BCUT2D eigenvalue weighted by Gasteiger charge is -2.25. The lowest BCUT2D eigenvalue weighted by Crippen LogP contribution is -2.41. The molecule has 4 heteroatoms. The minimum Gasteiger partial charge on any atom is -0.353 e. The van der Waals surface area contributed by atoms with Gasteiger partial charge in [-0.25, -0.2) is 0 Å². The van der Waals surface area contributed by atoms with Crippen LogP contribution in [0, 0.1) is 5.41 Å². The molecule has 2 rings (SSSR count). The van der Waals surface area contributed by atoms with Gasteiger partial charge in [0, 0.05) is 6.04 Å². The Labute approximate surface area is 108 Å². The van der Waals surface area contributed by atoms with Crippen molar-refractivity contribution in [3.05, 3.63) is 0 Å². The highest BCUT2D eigenvalue weighted by Crippen LogP contribution is 2.66. The van der Waals surface area contributed by atoms with Crippen LogP contribution in [0.2, 0.25) is 0 Å². The fourth-order valence-electron chi connectivity index (χ4n) is 2.24. The Morgan fingerprint density at radius 2 is 1.80 bits per heavy atom. The third kappa shape index (κ3) is 2.26. The molecule has 0 bridgehead atoms. The van der Waals surface area contributed by atoms with Crippen molar-refractivity contribution < 1.29 is 4.79 Å². The van der Waals surface area contributed by atoms with Crippen molar-refractivity contribution in [1.29, 1.82) is 0 Å². The summed E-state index contributed by atoms with van der Waals surface area (Å²) >= 11 is 7.06. The van der Waals surface area contributed by atoms with Gasteiger partial charge in [-0.15, -0.1) is 0 Å². The first-order chi connectivity index (χ1) is 6.96. The van der Waals surface area contributed by atoms with Gasteiger partial charge in [0.2, 0.25) is 5.91 Å². The summed E-state index contributed by atoms with van der Waals surface area (Å²) in [5.41, 5.74) is -0.259. The summed E-state index contributed by atoms with van der Waals surface area (Å²) in [5.74, 6) is 0.197. The molecule has 0 aromatic heterocycles. The van der Waals surface area contributed by atoms with Crippen molar-refractivity contribution in [2.75, 3.05) is 0 Å². The Kier molecular flexibility index (Phi) is 3.19. The van der Waals surface area contributed by atoms with E-state index in [9.17, 15) is 4.79 Å². The number of nitrogens with one attached hydrogen (secondary N) is 1. The smallest absolute Gasteiger partial charge is 0.228 e. The Bertz CT molecular complexity index is 274. The van der Waals surface area contributed by atoms with Crippen LogP contribution in [0.15, 0.2) is 0 Å². The molecule has 0 heterocycles. The van der Waals surface area contributed by atoms with E-state index in [1.165, 1.54) is 19.3 Å². The maximum absolute atomic E-state index is 12.0. The number of halogens is 2. The summed E-state index contributed by atoms with van der Waals surface area (Å²) in [6, 6.07) is 0.416. The fourth-order valence-corrected chi connectivity index (χ4v) is 3.72. The van der Waals surface area contributed by atoms with Gasteiger partial charge >= 0.3 is 0 Å². The van der Waals surface area contributed by atoms with E-state index in [-0.39, 0.29) is 14.6 Å². The monoisotopic (exact) mass is 337 g/mol. The minimum atomic E-state index is -0.259. The van der Waals surface area contributed by atoms with Crippen LogP contribution in [0.4, 0.5) is 0 Å². The second-order valence-corrected chi connectivity index (χ2v) is 8.79. The first-order valence-electron chi connectivity index (χ1n) is 5.64. The fraction of sp³-hybridized carbons (Fsp3) is 0.909. The zero-order valence-electron chi connectivity index (χ0n) is 8.98. The van der Waals surface area contributed by atoms with E-state index in [1.807, 2.05) is 6.92 Å². The van der Waals surface area contributed by atoms with Gasteiger partial charge in [-0.05, 0) is 26.2 Å². The standard InChI is InChI=1S/C11H17Br2NO/c1-10(7-11(10,12)13)9(15)14-8-5-3-2-4-6-8/h8H,2-7H2,1H3,(H,14,15)/t10-/m0/s1. The number of alkyl halides is 2. The molecule has 1 atom stereocenters. The van der Waals surface area contributed by atoms with Gasteiger partial charge in [-0.3, -0.25) is 4.79 Å². The lowest BCUT2D eigenvalue weighted by molar-refractivity contribution is -0.126. The zero-order valence-corrected chi connectivity index (χ0v) is 12.2. The predicted octanol–water partition coefficient (Wildman–Crippen LogP) is 3.33. The van der Waals surface area contributed by atoms with Crippen LogP contribution in [0.5, 0.6) is 0 Å². The van der Waals surface area contributed by atoms with Gasteiger partial charge in [0.15, 0.2) is 0 Å². The third-order valence-corrected chi connectivity index (χ3v) is 6.01. The summed E-state index contributed by atoms with van der Waals surface area (Å²) in [4.78, 5) is 12.0. The normalized spacial score (nSPS) is 34.9. The zero-order chi connectivity index (χ0) is 11.1. The number of rotatable bonds is 2. The first kappa shape index (κ1) is 11.9. The highest BCUT2D eigenvalue weighted by molar-refractivity contribution is 9.25. The molecule has 0 spiro atoms. The Morgan fingerprint density at radius 1 is 1.27 bits per heavy atom.